The highest BCUT2D eigenvalue weighted by atomic mass is 79.9. The molecule has 0 amide bonds. The first kappa shape index (κ1) is 14.0. The first-order valence-electron chi connectivity index (χ1n) is 5.45. The van der Waals surface area contributed by atoms with Gasteiger partial charge in [-0.15, -0.1) is 0 Å². The van der Waals surface area contributed by atoms with Crippen molar-refractivity contribution >= 4 is 33.7 Å². The maximum atomic E-state index is 10.8. The minimum absolute atomic E-state index is 0.290. The predicted octanol–water partition coefficient (Wildman–Crippen LogP) is 4.31. The highest BCUT2D eigenvalue weighted by Crippen LogP contribution is 2.34. The summed E-state index contributed by atoms with van der Waals surface area (Å²) in [4.78, 5) is 12.8. The first-order chi connectivity index (χ1) is 9.10. The predicted molar refractivity (Wildman–Crippen MR) is 78.2 cm³/mol. The second kappa shape index (κ2) is 6.12. The monoisotopic (exact) mass is 338 g/mol. The molecule has 3 nitrogen and oxygen atoms in total. The summed E-state index contributed by atoms with van der Waals surface area (Å²) in [5.41, 5.74) is 0.290. The average Bonchev–Trinajstić information content (AvgIpc) is 2.41. The molecule has 2 aromatic rings. The molecule has 0 atom stereocenters. The molecule has 0 radical (unpaired) electrons. The molecule has 0 aromatic heterocycles. The molecule has 0 bridgehead atoms. The van der Waals surface area contributed by atoms with Gasteiger partial charge in [0, 0.05) is 9.79 Å². The van der Waals surface area contributed by atoms with Gasteiger partial charge in [0.1, 0.15) is 5.75 Å². The molecule has 19 heavy (non-hydrogen) atoms. The van der Waals surface area contributed by atoms with E-state index in [-0.39, 0.29) is 5.56 Å². The summed E-state index contributed by atoms with van der Waals surface area (Å²) in [7, 11) is 1.62. The van der Waals surface area contributed by atoms with Gasteiger partial charge >= 0.3 is 5.97 Å². The van der Waals surface area contributed by atoms with Gasteiger partial charge in [-0.25, -0.2) is 4.79 Å². The van der Waals surface area contributed by atoms with E-state index >= 15 is 0 Å². The van der Waals surface area contributed by atoms with Crippen LogP contribution in [0.1, 0.15) is 10.4 Å². The van der Waals surface area contributed by atoms with Crippen molar-refractivity contribution in [1.29, 1.82) is 0 Å². The third kappa shape index (κ3) is 3.52. The van der Waals surface area contributed by atoms with E-state index < -0.39 is 5.97 Å². The van der Waals surface area contributed by atoms with Crippen LogP contribution in [-0.2, 0) is 0 Å². The molecule has 5 heteroatoms. The molecule has 0 saturated carbocycles. The molecule has 1 N–H and O–H groups in total. The zero-order valence-electron chi connectivity index (χ0n) is 10.1. The smallest absolute Gasteiger partial charge is 0.335 e. The minimum atomic E-state index is -0.915. The van der Waals surface area contributed by atoms with Gasteiger partial charge in [0.05, 0.1) is 17.1 Å². The Hall–Kier alpha value is -1.46. The van der Waals surface area contributed by atoms with Crippen molar-refractivity contribution in [2.45, 2.75) is 9.79 Å². The van der Waals surface area contributed by atoms with Crippen LogP contribution in [-0.4, -0.2) is 18.2 Å². The van der Waals surface area contributed by atoms with Crippen molar-refractivity contribution < 1.29 is 14.6 Å². The number of carboxylic acid groups (broad SMARTS) is 1. The number of hydrogen-bond acceptors (Lipinski definition) is 3. The molecule has 0 spiro atoms. The third-order valence-corrected chi connectivity index (χ3v) is 4.11. The van der Waals surface area contributed by atoms with Gasteiger partial charge in [0.2, 0.25) is 0 Å². The maximum absolute atomic E-state index is 10.8. The second-order valence-corrected chi connectivity index (χ2v) is 5.73. The van der Waals surface area contributed by atoms with Crippen LogP contribution in [0.25, 0.3) is 0 Å². The van der Waals surface area contributed by atoms with Crippen LogP contribution in [0.3, 0.4) is 0 Å². The van der Waals surface area contributed by atoms with Gasteiger partial charge in [-0.3, -0.25) is 0 Å². The van der Waals surface area contributed by atoms with E-state index in [0.717, 1.165) is 20.0 Å². The number of ether oxygens (including phenoxy) is 1. The van der Waals surface area contributed by atoms with Gasteiger partial charge < -0.3 is 9.84 Å². The second-order valence-electron chi connectivity index (χ2n) is 3.73. The van der Waals surface area contributed by atoms with Crippen molar-refractivity contribution in [3.8, 4) is 5.75 Å². The standard InChI is InChI=1S/C14H11BrO3S/c1-18-13-8-11(6-7-12(13)15)19-10-4-2-9(3-5-10)14(16)17/h2-8H,1H3,(H,16,17). The number of rotatable bonds is 4. The van der Waals surface area contributed by atoms with E-state index in [4.69, 9.17) is 9.84 Å². The van der Waals surface area contributed by atoms with Gasteiger partial charge in [0.25, 0.3) is 0 Å². The van der Waals surface area contributed by atoms with E-state index in [1.165, 1.54) is 0 Å². The SMILES string of the molecule is COc1cc(Sc2ccc(C(=O)O)cc2)ccc1Br. The lowest BCUT2D eigenvalue weighted by Gasteiger charge is -2.06. The molecule has 2 rings (SSSR count). The Morgan fingerprint density at radius 3 is 2.37 bits per heavy atom. The molecule has 0 heterocycles. The molecule has 0 aliphatic heterocycles. The van der Waals surface area contributed by atoms with Crippen molar-refractivity contribution in [2.24, 2.45) is 0 Å². The minimum Gasteiger partial charge on any atom is -0.496 e. The van der Waals surface area contributed by atoms with Crippen LogP contribution in [0.4, 0.5) is 0 Å². The summed E-state index contributed by atoms with van der Waals surface area (Å²) in [5, 5.41) is 8.84. The molecule has 98 valence electrons. The van der Waals surface area contributed by atoms with Crippen molar-refractivity contribution in [3.05, 3.63) is 52.5 Å². The third-order valence-electron chi connectivity index (χ3n) is 2.46. The average molecular weight is 339 g/mol. The highest BCUT2D eigenvalue weighted by Gasteiger charge is 2.05. The Morgan fingerprint density at radius 1 is 1.16 bits per heavy atom. The molecular weight excluding hydrogens is 328 g/mol. The van der Waals surface area contributed by atoms with Gasteiger partial charge in [0.15, 0.2) is 0 Å². The zero-order chi connectivity index (χ0) is 13.8. The summed E-state index contributed by atoms with van der Waals surface area (Å²) in [5.74, 6) is -0.144. The number of halogens is 1. The first-order valence-corrected chi connectivity index (χ1v) is 7.06. The Kier molecular flexibility index (Phi) is 4.50. The lowest BCUT2D eigenvalue weighted by Crippen LogP contribution is -1.94. The number of carbonyl (C=O) groups is 1. The fourth-order valence-electron chi connectivity index (χ4n) is 1.51. The van der Waals surface area contributed by atoms with Crippen molar-refractivity contribution in [1.82, 2.24) is 0 Å². The maximum Gasteiger partial charge on any atom is 0.335 e. The van der Waals surface area contributed by atoms with E-state index in [9.17, 15) is 4.79 Å². The molecule has 0 aliphatic carbocycles. The summed E-state index contributed by atoms with van der Waals surface area (Å²) < 4.78 is 6.14. The summed E-state index contributed by atoms with van der Waals surface area (Å²) >= 11 is 4.95. The number of carboxylic acids is 1. The molecule has 0 aliphatic rings. The quantitative estimate of drug-likeness (QED) is 0.902. The number of methoxy groups -OCH3 is 1. The molecule has 0 unspecified atom stereocenters. The van der Waals surface area contributed by atoms with Gasteiger partial charge in [-0.2, -0.15) is 0 Å². The lowest BCUT2D eigenvalue weighted by atomic mass is 10.2. The van der Waals surface area contributed by atoms with Gasteiger partial charge in [-0.05, 0) is 58.4 Å². The molecule has 0 fully saturated rings. The van der Waals surface area contributed by atoms with Crippen LogP contribution < -0.4 is 4.74 Å². The van der Waals surface area contributed by atoms with Crippen molar-refractivity contribution in [3.63, 3.8) is 0 Å². The Balaban J connectivity index is 2.19. The number of hydrogen-bond donors (Lipinski definition) is 1. The van der Waals surface area contributed by atoms with Crippen LogP contribution >= 0.6 is 27.7 Å². The number of benzene rings is 2. The van der Waals surface area contributed by atoms with Crippen molar-refractivity contribution in [2.75, 3.05) is 7.11 Å². The Bertz CT molecular complexity index is 596. The zero-order valence-corrected chi connectivity index (χ0v) is 12.5. The largest absolute Gasteiger partial charge is 0.496 e. The Labute approximate surface area is 123 Å². The van der Waals surface area contributed by atoms with E-state index in [0.29, 0.717) is 0 Å². The van der Waals surface area contributed by atoms with Crippen LogP contribution in [0.5, 0.6) is 5.75 Å². The number of aromatic carboxylic acids is 1. The summed E-state index contributed by atoms with van der Waals surface area (Å²) in [6, 6.07) is 12.6. The molecule has 0 saturated heterocycles. The molecule has 2 aromatic carbocycles. The summed E-state index contributed by atoms with van der Waals surface area (Å²) in [6.07, 6.45) is 0. The topological polar surface area (TPSA) is 46.5 Å². The van der Waals surface area contributed by atoms with E-state index in [1.54, 1.807) is 43.1 Å². The lowest BCUT2D eigenvalue weighted by molar-refractivity contribution is 0.0697. The van der Waals surface area contributed by atoms with Crippen LogP contribution in [0.2, 0.25) is 0 Å². The van der Waals surface area contributed by atoms with Crippen LogP contribution in [0, 0.1) is 0 Å². The molecular formula is C14H11BrO3S. The Morgan fingerprint density at radius 2 is 1.79 bits per heavy atom. The van der Waals surface area contributed by atoms with Crippen LogP contribution in [0.15, 0.2) is 56.7 Å². The summed E-state index contributed by atoms with van der Waals surface area (Å²) in [6.45, 7) is 0. The fraction of sp³-hybridized carbons (Fsp3) is 0.0714. The fourth-order valence-corrected chi connectivity index (χ4v) is 2.76. The van der Waals surface area contributed by atoms with Gasteiger partial charge in [-0.1, -0.05) is 11.8 Å². The highest BCUT2D eigenvalue weighted by molar-refractivity contribution is 9.10. The van der Waals surface area contributed by atoms with E-state index in [2.05, 4.69) is 15.9 Å². The van der Waals surface area contributed by atoms with E-state index in [1.807, 2.05) is 18.2 Å². The normalized spacial score (nSPS) is 10.2.